The van der Waals surface area contributed by atoms with E-state index < -0.39 is 0 Å². The van der Waals surface area contributed by atoms with E-state index in [9.17, 15) is 9.59 Å². The molecule has 20 heavy (non-hydrogen) atoms. The quantitative estimate of drug-likeness (QED) is 0.486. The van der Waals surface area contributed by atoms with Crippen molar-refractivity contribution in [3.63, 3.8) is 0 Å². The number of Topliss-reactive ketones (excluding diaryl/α,β-unsaturated/α-hetero) is 1. The minimum Gasteiger partial charge on any atom is -0.466 e. The number of carbonyl (C=O) groups excluding carboxylic acids is 2. The van der Waals surface area contributed by atoms with Crippen LogP contribution in [-0.4, -0.2) is 24.1 Å². The first kappa shape index (κ1) is 17.0. The summed E-state index contributed by atoms with van der Waals surface area (Å²) in [5, 5.41) is 3.92. The number of hydrogen-bond donors (Lipinski definition) is 0. The van der Waals surface area contributed by atoms with E-state index in [2.05, 4.69) is 6.07 Å². The fourth-order valence-corrected chi connectivity index (χ4v) is 2.88. The highest BCUT2D eigenvalue weighted by Crippen LogP contribution is 2.11. The third-order valence-electron chi connectivity index (χ3n) is 2.50. The number of thiophene rings is 1. The Morgan fingerprint density at radius 1 is 1.40 bits per heavy atom. The number of ketones is 1. The third-order valence-corrected chi connectivity index (χ3v) is 4.38. The molecule has 1 heterocycles. The zero-order valence-electron chi connectivity index (χ0n) is 11.7. The zero-order chi connectivity index (χ0) is 14.6. The van der Waals surface area contributed by atoms with Crippen LogP contribution in [0.15, 0.2) is 29.0 Å². The van der Waals surface area contributed by atoms with E-state index in [0.717, 1.165) is 12.8 Å². The summed E-state index contributed by atoms with van der Waals surface area (Å²) < 4.78 is 5.11. The maximum absolute atomic E-state index is 11.4. The number of allylic oxidation sites excluding steroid dienone is 1. The first-order chi connectivity index (χ1) is 9.72. The topological polar surface area (TPSA) is 43.4 Å². The van der Waals surface area contributed by atoms with E-state index in [1.807, 2.05) is 29.9 Å². The Kier molecular flexibility index (Phi) is 9.07. The molecule has 0 aliphatic heterocycles. The van der Waals surface area contributed by atoms with Crippen molar-refractivity contribution in [1.29, 1.82) is 0 Å². The lowest BCUT2D eigenvalue weighted by Crippen LogP contribution is -2.10. The molecule has 110 valence electrons. The Morgan fingerprint density at radius 2 is 2.25 bits per heavy atom. The van der Waals surface area contributed by atoms with Gasteiger partial charge in [0.2, 0.25) is 0 Å². The lowest BCUT2D eigenvalue weighted by atomic mass is 10.2. The monoisotopic (exact) mass is 312 g/mol. The van der Waals surface area contributed by atoms with Crippen LogP contribution in [0.5, 0.6) is 0 Å². The second kappa shape index (κ2) is 10.7. The fraction of sp³-hybridized carbons (Fsp3) is 0.467. The molecule has 0 radical (unpaired) electrons. The van der Waals surface area contributed by atoms with Gasteiger partial charge in [-0.2, -0.15) is 0 Å². The summed E-state index contributed by atoms with van der Waals surface area (Å²) in [6.45, 7) is 2.34. The Labute approximate surface area is 128 Å². The van der Waals surface area contributed by atoms with Crippen LogP contribution >= 0.6 is 23.1 Å². The molecular formula is C15H20O3S2. The van der Waals surface area contributed by atoms with Crippen LogP contribution in [0, 0.1) is 0 Å². The summed E-state index contributed by atoms with van der Waals surface area (Å²) in [4.78, 5) is 24.2. The predicted molar refractivity (Wildman–Crippen MR) is 85.1 cm³/mol. The van der Waals surface area contributed by atoms with E-state index in [4.69, 9.17) is 4.74 Å². The number of rotatable bonds is 10. The first-order valence-electron chi connectivity index (χ1n) is 6.65. The minimum absolute atomic E-state index is 0.0867. The summed E-state index contributed by atoms with van der Waals surface area (Å²) in [6.07, 6.45) is 4.11. The number of carbonyl (C=O) groups is 2. The normalized spacial score (nSPS) is 10.8. The maximum Gasteiger partial charge on any atom is 0.306 e. The molecule has 0 spiro atoms. The summed E-state index contributed by atoms with van der Waals surface area (Å²) in [7, 11) is 0. The van der Waals surface area contributed by atoms with Gasteiger partial charge in [0.15, 0.2) is 0 Å². The predicted octanol–water partition coefficient (Wildman–Crippen LogP) is 3.84. The lowest BCUT2D eigenvalue weighted by molar-refractivity contribution is -0.144. The largest absolute Gasteiger partial charge is 0.466 e. The van der Waals surface area contributed by atoms with Crippen LogP contribution in [0.3, 0.4) is 0 Å². The van der Waals surface area contributed by atoms with Gasteiger partial charge < -0.3 is 4.74 Å². The van der Waals surface area contributed by atoms with Crippen molar-refractivity contribution in [2.45, 2.75) is 32.6 Å². The van der Waals surface area contributed by atoms with Crippen LogP contribution in [0.4, 0.5) is 0 Å². The molecule has 0 N–H and O–H groups in total. The average Bonchev–Trinajstić information content (AvgIpc) is 2.95. The van der Waals surface area contributed by atoms with E-state index in [1.54, 1.807) is 11.3 Å². The van der Waals surface area contributed by atoms with E-state index in [0.29, 0.717) is 12.4 Å². The van der Waals surface area contributed by atoms with Gasteiger partial charge in [-0.05, 0) is 36.6 Å². The van der Waals surface area contributed by atoms with Crippen molar-refractivity contribution in [1.82, 2.24) is 0 Å². The third kappa shape index (κ3) is 8.17. The SMILES string of the molecule is C/C=C\SCC(=O)CCC(=O)OCCCc1cccs1. The molecule has 5 heteroatoms. The minimum atomic E-state index is -0.277. The molecule has 0 saturated carbocycles. The zero-order valence-corrected chi connectivity index (χ0v) is 13.3. The van der Waals surface area contributed by atoms with Crippen LogP contribution in [0.1, 0.15) is 31.1 Å². The average molecular weight is 312 g/mol. The highest BCUT2D eigenvalue weighted by Gasteiger charge is 2.07. The van der Waals surface area contributed by atoms with Gasteiger partial charge in [-0.1, -0.05) is 12.1 Å². The molecule has 0 atom stereocenters. The smallest absolute Gasteiger partial charge is 0.306 e. The summed E-state index contributed by atoms with van der Waals surface area (Å²) >= 11 is 3.16. The molecule has 0 amide bonds. The van der Waals surface area contributed by atoms with Crippen LogP contribution in [0.25, 0.3) is 0 Å². The molecule has 1 aromatic rings. The summed E-state index contributed by atoms with van der Waals surface area (Å²) in [5.74, 6) is 0.236. The Balaban J connectivity index is 2.01. The van der Waals surface area contributed by atoms with Crippen LogP contribution in [-0.2, 0) is 20.7 Å². The Morgan fingerprint density at radius 3 is 2.95 bits per heavy atom. The van der Waals surface area contributed by atoms with Crippen LogP contribution in [0.2, 0.25) is 0 Å². The van der Waals surface area contributed by atoms with E-state index in [-0.39, 0.29) is 24.6 Å². The Hall–Kier alpha value is -1.07. The van der Waals surface area contributed by atoms with Crippen molar-refractivity contribution >= 4 is 34.9 Å². The summed E-state index contributed by atoms with van der Waals surface area (Å²) in [6, 6.07) is 4.09. The standard InChI is InChI=1S/C15H20O3S2/c1-2-10-19-12-13(16)7-8-15(17)18-9-3-5-14-6-4-11-20-14/h2,4,6,10-11H,3,5,7-9,12H2,1H3/b10-2-. The highest BCUT2D eigenvalue weighted by atomic mass is 32.2. The molecule has 0 fully saturated rings. The molecule has 0 aliphatic carbocycles. The second-order valence-electron chi connectivity index (χ2n) is 4.22. The first-order valence-corrected chi connectivity index (χ1v) is 8.57. The number of aryl methyl sites for hydroxylation is 1. The van der Waals surface area contributed by atoms with Gasteiger partial charge in [-0.3, -0.25) is 9.59 Å². The van der Waals surface area contributed by atoms with Crippen molar-refractivity contribution < 1.29 is 14.3 Å². The molecule has 1 aromatic heterocycles. The fourth-order valence-electron chi connectivity index (χ4n) is 1.51. The van der Waals surface area contributed by atoms with Gasteiger partial charge in [0, 0.05) is 11.3 Å². The van der Waals surface area contributed by atoms with Crippen molar-refractivity contribution in [2.24, 2.45) is 0 Å². The Bertz CT molecular complexity index is 424. The van der Waals surface area contributed by atoms with Gasteiger partial charge in [-0.15, -0.1) is 23.1 Å². The lowest BCUT2D eigenvalue weighted by Gasteiger charge is -2.03. The second-order valence-corrected chi connectivity index (χ2v) is 6.15. The van der Waals surface area contributed by atoms with Crippen molar-refractivity contribution in [3.8, 4) is 0 Å². The number of esters is 1. The van der Waals surface area contributed by atoms with Crippen LogP contribution < -0.4 is 0 Å². The van der Waals surface area contributed by atoms with Gasteiger partial charge >= 0.3 is 5.97 Å². The molecule has 3 nitrogen and oxygen atoms in total. The highest BCUT2D eigenvalue weighted by molar-refractivity contribution is 8.02. The van der Waals surface area contributed by atoms with Crippen molar-refractivity contribution in [3.05, 3.63) is 33.9 Å². The summed E-state index contributed by atoms with van der Waals surface area (Å²) in [5.41, 5.74) is 0. The molecule has 0 bridgehead atoms. The molecule has 0 saturated heterocycles. The molecule has 0 unspecified atom stereocenters. The van der Waals surface area contributed by atoms with Gasteiger partial charge in [0.1, 0.15) is 5.78 Å². The van der Waals surface area contributed by atoms with Gasteiger partial charge in [0.05, 0.1) is 18.8 Å². The van der Waals surface area contributed by atoms with Gasteiger partial charge in [0.25, 0.3) is 0 Å². The van der Waals surface area contributed by atoms with Gasteiger partial charge in [-0.25, -0.2) is 0 Å². The molecule has 0 aliphatic rings. The number of ether oxygens (including phenoxy) is 1. The number of hydrogen-bond acceptors (Lipinski definition) is 5. The van der Waals surface area contributed by atoms with E-state index >= 15 is 0 Å². The molecular weight excluding hydrogens is 292 g/mol. The maximum atomic E-state index is 11.4. The van der Waals surface area contributed by atoms with Crippen molar-refractivity contribution in [2.75, 3.05) is 12.4 Å². The number of thioether (sulfide) groups is 1. The van der Waals surface area contributed by atoms with E-state index in [1.165, 1.54) is 16.6 Å². The molecule has 0 aromatic carbocycles. The molecule has 1 rings (SSSR count).